The van der Waals surface area contributed by atoms with Crippen molar-refractivity contribution in [2.75, 3.05) is 5.32 Å². The van der Waals surface area contributed by atoms with Crippen molar-refractivity contribution >= 4 is 40.2 Å². The van der Waals surface area contributed by atoms with Crippen molar-refractivity contribution in [3.8, 4) is 0 Å². The first-order valence-corrected chi connectivity index (χ1v) is 10.9. The molecule has 0 radical (unpaired) electrons. The van der Waals surface area contributed by atoms with Crippen molar-refractivity contribution < 1.29 is 14.0 Å². The van der Waals surface area contributed by atoms with E-state index in [0.29, 0.717) is 39.7 Å². The number of aromatic amines is 1. The summed E-state index contributed by atoms with van der Waals surface area (Å²) in [4.78, 5) is 42.5. The third kappa shape index (κ3) is 3.74. The molecule has 5 rings (SSSR count). The van der Waals surface area contributed by atoms with Gasteiger partial charge in [0.25, 0.3) is 5.91 Å². The van der Waals surface area contributed by atoms with Gasteiger partial charge in [0.15, 0.2) is 5.58 Å². The Morgan fingerprint density at radius 3 is 2.81 bits per heavy atom. The quantitative estimate of drug-likeness (QED) is 0.639. The highest BCUT2D eigenvalue weighted by atomic mass is 35.5. The predicted octanol–water partition coefficient (Wildman–Crippen LogP) is 4.19. The van der Waals surface area contributed by atoms with E-state index < -0.39 is 11.8 Å². The molecule has 160 valence electrons. The first-order valence-electron chi connectivity index (χ1n) is 10.5. The minimum absolute atomic E-state index is 0.0590. The van der Waals surface area contributed by atoms with Gasteiger partial charge >= 0.3 is 5.76 Å². The van der Waals surface area contributed by atoms with Gasteiger partial charge < -0.3 is 14.6 Å². The van der Waals surface area contributed by atoms with Gasteiger partial charge in [-0.1, -0.05) is 30.5 Å². The van der Waals surface area contributed by atoms with Crippen LogP contribution in [0, 0.1) is 5.92 Å². The van der Waals surface area contributed by atoms with Gasteiger partial charge in [0, 0.05) is 22.3 Å². The first-order chi connectivity index (χ1) is 15.0. The van der Waals surface area contributed by atoms with Crippen LogP contribution >= 0.6 is 11.6 Å². The van der Waals surface area contributed by atoms with Crippen molar-refractivity contribution in [3.63, 3.8) is 0 Å². The average molecular weight is 440 g/mol. The van der Waals surface area contributed by atoms with E-state index in [2.05, 4.69) is 10.3 Å². The van der Waals surface area contributed by atoms with Crippen molar-refractivity contribution in [2.24, 2.45) is 5.92 Å². The Morgan fingerprint density at radius 1 is 1.13 bits per heavy atom. The fourth-order valence-electron chi connectivity index (χ4n) is 5.01. The molecule has 31 heavy (non-hydrogen) atoms. The van der Waals surface area contributed by atoms with Gasteiger partial charge in [0.2, 0.25) is 5.91 Å². The zero-order valence-corrected chi connectivity index (χ0v) is 17.5. The third-order valence-electron chi connectivity index (χ3n) is 6.38. The monoisotopic (exact) mass is 439 g/mol. The number of hydrogen-bond donors (Lipinski definition) is 2. The van der Waals surface area contributed by atoms with Crippen molar-refractivity contribution in [3.05, 3.63) is 63.6 Å². The van der Waals surface area contributed by atoms with Crippen molar-refractivity contribution in [1.29, 1.82) is 0 Å². The summed E-state index contributed by atoms with van der Waals surface area (Å²) < 4.78 is 5.01. The van der Waals surface area contributed by atoms with Crippen LogP contribution in [0.25, 0.3) is 11.1 Å². The summed E-state index contributed by atoms with van der Waals surface area (Å²) in [5.74, 6) is -0.612. The molecule has 7 nitrogen and oxygen atoms in total. The Labute approximate surface area is 183 Å². The number of carbonyl (C=O) groups is 2. The number of fused-ring (bicyclic) bond motifs is 2. The Hall–Kier alpha value is -3.06. The van der Waals surface area contributed by atoms with Crippen LogP contribution in [0.4, 0.5) is 5.69 Å². The van der Waals surface area contributed by atoms with E-state index in [0.717, 1.165) is 25.7 Å². The molecule has 3 atom stereocenters. The molecular formula is C23H22ClN3O4. The molecule has 2 aromatic carbocycles. The summed E-state index contributed by atoms with van der Waals surface area (Å²) in [7, 11) is 0. The van der Waals surface area contributed by atoms with E-state index in [9.17, 15) is 14.4 Å². The Kier molecular flexibility index (Phi) is 5.06. The van der Waals surface area contributed by atoms with Gasteiger partial charge in [-0.05, 0) is 61.6 Å². The molecule has 1 aliphatic carbocycles. The third-order valence-corrected chi connectivity index (χ3v) is 6.62. The van der Waals surface area contributed by atoms with E-state index in [1.54, 1.807) is 47.4 Å². The molecule has 2 N–H and O–H groups in total. The van der Waals surface area contributed by atoms with Crippen LogP contribution in [-0.4, -0.2) is 33.8 Å². The van der Waals surface area contributed by atoms with Gasteiger partial charge in [-0.3, -0.25) is 14.6 Å². The van der Waals surface area contributed by atoms with Crippen LogP contribution in [0.3, 0.4) is 0 Å². The molecule has 1 saturated carbocycles. The molecule has 0 bridgehead atoms. The highest BCUT2D eigenvalue weighted by Crippen LogP contribution is 2.41. The number of rotatable bonds is 3. The number of likely N-dealkylation sites (tertiary alicyclic amines) is 1. The van der Waals surface area contributed by atoms with Crippen LogP contribution in [0.1, 0.15) is 42.5 Å². The highest BCUT2D eigenvalue weighted by molar-refractivity contribution is 6.31. The molecule has 1 aliphatic heterocycles. The van der Waals surface area contributed by atoms with Crippen LogP contribution in [0.15, 0.2) is 51.7 Å². The SMILES string of the molecule is O=C(Nc1ccc2oc(=O)[nH]c2c1)C1CC2CCCCC2N1C(=O)c1cccc(Cl)c1. The first kappa shape index (κ1) is 19.9. The standard InChI is InChI=1S/C23H22ClN3O4/c24-15-6-3-5-14(10-15)22(29)27-18-7-2-1-4-13(18)11-19(27)21(28)25-16-8-9-20-17(12-16)26-23(30)31-20/h3,5-6,8-10,12-13,18-19H,1-2,4,7,11H2,(H,25,28)(H,26,30). The highest BCUT2D eigenvalue weighted by Gasteiger charge is 2.47. The number of carbonyl (C=O) groups excluding carboxylic acids is 2. The number of oxazole rings is 1. The minimum atomic E-state index is -0.557. The van der Waals surface area contributed by atoms with Crippen LogP contribution in [-0.2, 0) is 4.79 Å². The maximum atomic E-state index is 13.4. The zero-order valence-electron chi connectivity index (χ0n) is 16.8. The summed E-state index contributed by atoms with van der Waals surface area (Å²) in [5.41, 5.74) is 1.97. The van der Waals surface area contributed by atoms with Gasteiger partial charge in [-0.2, -0.15) is 0 Å². The Morgan fingerprint density at radius 2 is 1.97 bits per heavy atom. The summed E-state index contributed by atoms with van der Waals surface area (Å²) in [5, 5.41) is 3.41. The normalized spacial score (nSPS) is 23.0. The molecule has 3 aromatic rings. The summed E-state index contributed by atoms with van der Waals surface area (Å²) in [6, 6.07) is 11.3. The van der Waals surface area contributed by atoms with E-state index >= 15 is 0 Å². The fourth-order valence-corrected chi connectivity index (χ4v) is 5.20. The average Bonchev–Trinajstić information content (AvgIpc) is 3.32. The predicted molar refractivity (Wildman–Crippen MR) is 117 cm³/mol. The van der Waals surface area contributed by atoms with Gasteiger partial charge in [0.1, 0.15) is 6.04 Å². The summed E-state index contributed by atoms with van der Waals surface area (Å²) in [6.07, 6.45) is 4.76. The number of anilines is 1. The maximum Gasteiger partial charge on any atom is 0.417 e. The van der Waals surface area contributed by atoms with Crippen LogP contribution < -0.4 is 11.1 Å². The molecule has 2 fully saturated rings. The largest absolute Gasteiger partial charge is 0.417 e. The zero-order chi connectivity index (χ0) is 21.5. The lowest BCUT2D eigenvalue weighted by atomic mass is 9.84. The molecule has 2 amide bonds. The van der Waals surface area contributed by atoms with E-state index in [1.807, 2.05) is 0 Å². The van der Waals surface area contributed by atoms with Gasteiger partial charge in [0.05, 0.1) is 5.52 Å². The Balaban J connectivity index is 1.43. The number of nitrogens with zero attached hydrogens (tertiary/aromatic N) is 1. The van der Waals surface area contributed by atoms with Gasteiger partial charge in [-0.15, -0.1) is 0 Å². The summed E-state index contributed by atoms with van der Waals surface area (Å²) >= 11 is 6.11. The van der Waals surface area contributed by atoms with Gasteiger partial charge in [-0.25, -0.2) is 4.79 Å². The smallest absolute Gasteiger partial charge is 0.408 e. The van der Waals surface area contributed by atoms with Crippen LogP contribution in [0.2, 0.25) is 5.02 Å². The second-order valence-electron chi connectivity index (χ2n) is 8.30. The number of hydrogen-bond acceptors (Lipinski definition) is 4. The number of nitrogens with one attached hydrogen (secondary N) is 2. The molecule has 2 aliphatic rings. The van der Waals surface area contributed by atoms with Crippen molar-refractivity contribution in [1.82, 2.24) is 9.88 Å². The number of amides is 2. The number of halogens is 1. The molecule has 0 spiro atoms. The fraction of sp³-hybridized carbons (Fsp3) is 0.348. The molecule has 1 aromatic heterocycles. The molecule has 3 unspecified atom stereocenters. The topological polar surface area (TPSA) is 95.4 Å². The number of H-pyrrole nitrogens is 1. The van der Waals surface area contributed by atoms with E-state index in [-0.39, 0.29) is 17.9 Å². The van der Waals surface area contributed by atoms with E-state index in [4.69, 9.17) is 16.0 Å². The molecule has 8 heteroatoms. The molecule has 2 heterocycles. The summed E-state index contributed by atoms with van der Waals surface area (Å²) in [6.45, 7) is 0. The second kappa shape index (κ2) is 7.89. The lowest BCUT2D eigenvalue weighted by molar-refractivity contribution is -0.120. The number of aromatic nitrogens is 1. The molecular weight excluding hydrogens is 418 g/mol. The van der Waals surface area contributed by atoms with Crippen molar-refractivity contribution in [2.45, 2.75) is 44.2 Å². The lowest BCUT2D eigenvalue weighted by Crippen LogP contribution is -2.47. The second-order valence-corrected chi connectivity index (χ2v) is 8.74. The lowest BCUT2D eigenvalue weighted by Gasteiger charge is -2.33. The maximum absolute atomic E-state index is 13.4. The minimum Gasteiger partial charge on any atom is -0.408 e. The Bertz CT molecular complexity index is 1220. The van der Waals surface area contributed by atoms with Crippen LogP contribution in [0.5, 0.6) is 0 Å². The molecule has 1 saturated heterocycles. The number of benzene rings is 2. The van der Waals surface area contributed by atoms with E-state index in [1.165, 1.54) is 0 Å².